The molecule has 6 heteroatoms. The van der Waals surface area contributed by atoms with Gasteiger partial charge in [-0.1, -0.05) is 89.5 Å². The van der Waals surface area contributed by atoms with Crippen LogP contribution in [-0.4, -0.2) is 34.6 Å². The third-order valence-electron chi connectivity index (χ3n) is 5.78. The lowest BCUT2D eigenvalue weighted by molar-refractivity contribution is -0.139. The molecule has 0 aromatic heterocycles. The monoisotopic (exact) mass is 522 g/mol. The zero-order valence-corrected chi connectivity index (χ0v) is 23.0. The number of carbonyl (C=O) groups excluding carboxylic acids is 2. The number of halogens is 1. The second-order valence-electron chi connectivity index (χ2n) is 9.47. The topological polar surface area (TPSA) is 49.4 Å². The van der Waals surface area contributed by atoms with Crippen LogP contribution < -0.4 is 5.32 Å². The van der Waals surface area contributed by atoms with E-state index in [0.717, 1.165) is 16.9 Å². The summed E-state index contributed by atoms with van der Waals surface area (Å²) in [6, 6.07) is 23.1. The van der Waals surface area contributed by atoms with Crippen LogP contribution in [0.5, 0.6) is 0 Å². The molecule has 1 N–H and O–H groups in total. The predicted octanol–water partition coefficient (Wildman–Crippen LogP) is 6.35. The third-order valence-corrected chi connectivity index (χ3v) is 7.13. The fraction of sp³-hybridized carbons (Fsp3) is 0.333. The zero-order chi connectivity index (χ0) is 26.1. The van der Waals surface area contributed by atoms with Gasteiger partial charge in [-0.05, 0) is 50.5 Å². The summed E-state index contributed by atoms with van der Waals surface area (Å²) in [7, 11) is 0. The summed E-state index contributed by atoms with van der Waals surface area (Å²) in [5.74, 6) is 0.769. The molecular formula is C30H35ClN2O2S. The van der Waals surface area contributed by atoms with Crippen molar-refractivity contribution < 1.29 is 9.59 Å². The lowest BCUT2D eigenvalue weighted by Crippen LogP contribution is -2.52. The fourth-order valence-electron chi connectivity index (χ4n) is 4.24. The minimum atomic E-state index is -0.652. The Bertz CT molecular complexity index is 1150. The van der Waals surface area contributed by atoms with E-state index >= 15 is 0 Å². The number of thioether (sulfide) groups is 1. The highest BCUT2D eigenvalue weighted by Gasteiger charge is 2.31. The number of rotatable bonds is 11. The quantitative estimate of drug-likeness (QED) is 0.319. The SMILES string of the molecule is Cc1cc(C)cc(CSCC(=O)N(Cc2ccccc2Cl)C(Cc2ccccc2)C(=O)NC(C)C)c1. The Labute approximate surface area is 224 Å². The third kappa shape index (κ3) is 8.42. The van der Waals surface area contributed by atoms with Gasteiger partial charge in [-0.3, -0.25) is 9.59 Å². The van der Waals surface area contributed by atoms with Crippen LogP contribution >= 0.6 is 23.4 Å². The molecule has 0 saturated carbocycles. The lowest BCUT2D eigenvalue weighted by Gasteiger charge is -2.32. The first kappa shape index (κ1) is 27.8. The van der Waals surface area contributed by atoms with Gasteiger partial charge in [0, 0.05) is 29.8 Å². The Morgan fingerprint density at radius 1 is 0.917 bits per heavy atom. The van der Waals surface area contributed by atoms with E-state index in [1.165, 1.54) is 16.7 Å². The normalized spacial score (nSPS) is 11.8. The molecule has 0 aliphatic carbocycles. The molecule has 1 unspecified atom stereocenters. The van der Waals surface area contributed by atoms with Gasteiger partial charge in [-0.2, -0.15) is 0 Å². The average molecular weight is 523 g/mol. The number of aryl methyl sites for hydroxylation is 2. The number of hydrogen-bond donors (Lipinski definition) is 1. The zero-order valence-electron chi connectivity index (χ0n) is 21.5. The van der Waals surface area contributed by atoms with Crippen molar-refractivity contribution in [3.8, 4) is 0 Å². The summed E-state index contributed by atoms with van der Waals surface area (Å²) < 4.78 is 0. The molecule has 1 atom stereocenters. The van der Waals surface area contributed by atoms with Gasteiger partial charge >= 0.3 is 0 Å². The molecule has 190 valence electrons. The smallest absolute Gasteiger partial charge is 0.243 e. The van der Waals surface area contributed by atoms with Crippen molar-refractivity contribution in [2.24, 2.45) is 0 Å². The summed E-state index contributed by atoms with van der Waals surface area (Å²) in [6.45, 7) is 8.29. The van der Waals surface area contributed by atoms with Gasteiger partial charge in [0.15, 0.2) is 0 Å². The maximum Gasteiger partial charge on any atom is 0.243 e. The van der Waals surface area contributed by atoms with Gasteiger partial charge in [0.2, 0.25) is 11.8 Å². The molecule has 0 fully saturated rings. The first-order valence-corrected chi connectivity index (χ1v) is 13.8. The molecule has 0 saturated heterocycles. The van der Waals surface area contributed by atoms with Gasteiger partial charge in [-0.25, -0.2) is 0 Å². The van der Waals surface area contributed by atoms with Crippen molar-refractivity contribution in [1.82, 2.24) is 10.2 Å². The van der Waals surface area contributed by atoms with Crippen molar-refractivity contribution in [2.75, 3.05) is 5.75 Å². The second-order valence-corrected chi connectivity index (χ2v) is 10.9. The van der Waals surface area contributed by atoms with Crippen LogP contribution in [0.4, 0.5) is 0 Å². The van der Waals surface area contributed by atoms with E-state index in [4.69, 9.17) is 11.6 Å². The van der Waals surface area contributed by atoms with E-state index in [1.807, 2.05) is 68.4 Å². The summed E-state index contributed by atoms with van der Waals surface area (Å²) in [4.78, 5) is 28.8. The Morgan fingerprint density at radius 3 is 2.19 bits per heavy atom. The average Bonchev–Trinajstić information content (AvgIpc) is 2.82. The van der Waals surface area contributed by atoms with Gasteiger partial charge in [-0.15, -0.1) is 11.8 Å². The Kier molecular flexibility index (Phi) is 10.4. The Hall–Kier alpha value is -2.76. The molecule has 0 aliphatic rings. The molecule has 0 aliphatic heterocycles. The van der Waals surface area contributed by atoms with Crippen LogP contribution in [0.3, 0.4) is 0 Å². The van der Waals surface area contributed by atoms with Gasteiger partial charge in [0.1, 0.15) is 6.04 Å². The summed E-state index contributed by atoms with van der Waals surface area (Å²) in [5, 5.41) is 3.60. The minimum Gasteiger partial charge on any atom is -0.352 e. The highest BCUT2D eigenvalue weighted by Crippen LogP contribution is 2.22. The molecular weight excluding hydrogens is 488 g/mol. The van der Waals surface area contributed by atoms with E-state index in [-0.39, 0.29) is 30.2 Å². The van der Waals surface area contributed by atoms with Crippen LogP contribution in [0.1, 0.15) is 41.7 Å². The molecule has 0 bridgehead atoms. The molecule has 3 aromatic rings. The Morgan fingerprint density at radius 2 is 1.56 bits per heavy atom. The van der Waals surface area contributed by atoms with Crippen LogP contribution in [0.25, 0.3) is 0 Å². The summed E-state index contributed by atoms with van der Waals surface area (Å²) in [5.41, 5.74) is 5.45. The maximum atomic E-state index is 13.7. The van der Waals surface area contributed by atoms with E-state index in [2.05, 4.69) is 37.4 Å². The van der Waals surface area contributed by atoms with Crippen molar-refractivity contribution >= 4 is 35.2 Å². The molecule has 2 amide bonds. The summed E-state index contributed by atoms with van der Waals surface area (Å²) in [6.07, 6.45) is 0.428. The highest BCUT2D eigenvalue weighted by molar-refractivity contribution is 7.99. The first-order valence-electron chi connectivity index (χ1n) is 12.2. The minimum absolute atomic E-state index is 0.0352. The number of nitrogens with zero attached hydrogens (tertiary/aromatic N) is 1. The molecule has 36 heavy (non-hydrogen) atoms. The van der Waals surface area contributed by atoms with Crippen LogP contribution in [0.15, 0.2) is 72.8 Å². The predicted molar refractivity (Wildman–Crippen MR) is 151 cm³/mol. The van der Waals surface area contributed by atoms with Crippen LogP contribution in [0.2, 0.25) is 5.02 Å². The van der Waals surface area contributed by atoms with Crippen molar-refractivity contribution in [3.05, 3.63) is 106 Å². The van der Waals surface area contributed by atoms with Gasteiger partial charge in [0.25, 0.3) is 0 Å². The largest absolute Gasteiger partial charge is 0.352 e. The second kappa shape index (κ2) is 13.5. The van der Waals surface area contributed by atoms with E-state index in [9.17, 15) is 9.59 Å². The van der Waals surface area contributed by atoms with Gasteiger partial charge in [0.05, 0.1) is 5.75 Å². The lowest BCUT2D eigenvalue weighted by atomic mass is 10.0. The summed E-state index contributed by atoms with van der Waals surface area (Å²) >= 11 is 8.04. The van der Waals surface area contributed by atoms with Gasteiger partial charge < -0.3 is 10.2 Å². The van der Waals surface area contributed by atoms with E-state index < -0.39 is 6.04 Å². The maximum absolute atomic E-state index is 13.7. The molecule has 0 heterocycles. The number of carbonyl (C=O) groups is 2. The molecule has 3 aromatic carbocycles. The number of hydrogen-bond acceptors (Lipinski definition) is 3. The molecule has 4 nitrogen and oxygen atoms in total. The van der Waals surface area contributed by atoms with Crippen molar-refractivity contribution in [3.63, 3.8) is 0 Å². The van der Waals surface area contributed by atoms with E-state index in [0.29, 0.717) is 11.4 Å². The van der Waals surface area contributed by atoms with Crippen LogP contribution in [-0.2, 0) is 28.3 Å². The number of amides is 2. The number of nitrogens with one attached hydrogen (secondary N) is 1. The van der Waals surface area contributed by atoms with E-state index in [1.54, 1.807) is 16.7 Å². The van der Waals surface area contributed by atoms with Crippen LogP contribution in [0, 0.1) is 13.8 Å². The number of benzene rings is 3. The van der Waals surface area contributed by atoms with Crippen molar-refractivity contribution in [1.29, 1.82) is 0 Å². The van der Waals surface area contributed by atoms with Crippen molar-refractivity contribution in [2.45, 2.75) is 58.5 Å². The molecule has 3 rings (SSSR count). The Balaban J connectivity index is 1.86. The molecule has 0 radical (unpaired) electrons. The molecule has 0 spiro atoms. The first-order chi connectivity index (χ1) is 17.2. The highest BCUT2D eigenvalue weighted by atomic mass is 35.5. The fourth-order valence-corrected chi connectivity index (χ4v) is 5.28. The standard InChI is InChI=1S/C30H35ClN2O2S/c1-21(2)32-30(35)28(17-24-10-6-5-7-11-24)33(18-26-12-8-9-13-27(26)31)29(34)20-36-19-25-15-22(3)14-23(4)16-25/h5-16,21,28H,17-20H2,1-4H3,(H,32,35).